The molecule has 188 valence electrons. The summed E-state index contributed by atoms with van der Waals surface area (Å²) in [4.78, 5) is 37.3. The zero-order chi connectivity index (χ0) is 26.3. The van der Waals surface area contributed by atoms with E-state index < -0.39 is 23.2 Å². The molecule has 0 unspecified atom stereocenters. The number of carbonyl (C=O) groups is 3. The molecule has 1 aliphatic carbocycles. The van der Waals surface area contributed by atoms with Crippen molar-refractivity contribution in [2.24, 2.45) is 11.6 Å². The molecule has 1 aliphatic rings. The van der Waals surface area contributed by atoms with Gasteiger partial charge in [0, 0.05) is 16.5 Å². The first kappa shape index (κ1) is 24.2. The number of carbonyl (C=O) groups excluding carboxylic acids is 3. The van der Waals surface area contributed by atoms with E-state index in [9.17, 15) is 18.8 Å². The number of amides is 3. The van der Waals surface area contributed by atoms with Crippen LogP contribution in [0.25, 0.3) is 22.3 Å². The summed E-state index contributed by atoms with van der Waals surface area (Å²) in [6, 6.07) is 16.5. The molecule has 0 saturated heterocycles. The maximum atomic E-state index is 13.4. The Hall–Kier alpha value is -4.50. The third kappa shape index (κ3) is 4.56. The Balaban J connectivity index is 1.46. The number of halogens is 1. The van der Waals surface area contributed by atoms with Crippen molar-refractivity contribution >= 4 is 28.7 Å². The Bertz CT molecular complexity index is 1550. The minimum Gasteiger partial charge on any atom is -0.455 e. The van der Waals surface area contributed by atoms with E-state index in [1.807, 2.05) is 25.1 Å². The van der Waals surface area contributed by atoms with Crippen molar-refractivity contribution < 1.29 is 23.2 Å². The van der Waals surface area contributed by atoms with Gasteiger partial charge in [-0.3, -0.25) is 19.8 Å². The first-order chi connectivity index (χ1) is 17.7. The lowest BCUT2D eigenvalue weighted by Crippen LogP contribution is -2.51. The van der Waals surface area contributed by atoms with Gasteiger partial charge >= 0.3 is 0 Å². The summed E-state index contributed by atoms with van der Waals surface area (Å²) in [5.41, 5.74) is 11.3. The summed E-state index contributed by atoms with van der Waals surface area (Å²) in [5.74, 6) is 3.72. The Labute approximate surface area is 211 Å². The fourth-order valence-corrected chi connectivity index (χ4v) is 4.49. The van der Waals surface area contributed by atoms with Crippen LogP contribution in [-0.2, 0) is 11.2 Å². The van der Waals surface area contributed by atoms with Crippen LogP contribution in [-0.4, -0.2) is 23.3 Å². The molecule has 1 fully saturated rings. The van der Waals surface area contributed by atoms with Crippen LogP contribution in [0.4, 0.5) is 4.39 Å². The smallest absolute Gasteiger partial charge is 0.259 e. The van der Waals surface area contributed by atoms with Crippen LogP contribution in [0.1, 0.15) is 50.2 Å². The lowest BCUT2D eigenvalue weighted by Gasteiger charge is -2.16. The molecule has 1 saturated carbocycles. The number of aryl methyl sites for hydroxylation is 1. The van der Waals surface area contributed by atoms with Crippen molar-refractivity contribution in [1.82, 2.24) is 10.7 Å². The van der Waals surface area contributed by atoms with Gasteiger partial charge < -0.3 is 15.5 Å². The van der Waals surface area contributed by atoms with Crippen molar-refractivity contribution in [3.05, 3.63) is 94.3 Å². The van der Waals surface area contributed by atoms with Crippen LogP contribution in [0.5, 0.6) is 0 Å². The second-order valence-electron chi connectivity index (χ2n) is 9.34. The number of hydrogen-bond donors (Lipinski definition) is 4. The average molecular weight is 501 g/mol. The van der Waals surface area contributed by atoms with Crippen molar-refractivity contribution in [3.63, 3.8) is 0 Å². The highest BCUT2D eigenvalue weighted by molar-refractivity contribution is 6.10. The standard InChI is InChI=1S/C28H25FN4O4/c1-15-2-4-18(26(35)32-28(10-11-28)27(36)33-31)14-19(15)12-16-3-9-22-21(13-16)23(25(30)34)24(37-22)17-5-7-20(29)8-6-17/h2-9,13-14H,10-12,31H2,1H3,(H2,30,34)(H,32,35)(H,33,36). The predicted octanol–water partition coefficient (Wildman–Crippen LogP) is 3.49. The fourth-order valence-electron chi connectivity index (χ4n) is 4.49. The molecule has 5 rings (SSSR count). The van der Waals surface area contributed by atoms with Gasteiger partial charge in [0.15, 0.2) is 0 Å². The highest BCUT2D eigenvalue weighted by Crippen LogP contribution is 2.36. The second-order valence-corrected chi connectivity index (χ2v) is 9.34. The van der Waals surface area contributed by atoms with Crippen LogP contribution in [0, 0.1) is 12.7 Å². The maximum absolute atomic E-state index is 13.4. The molecule has 0 spiro atoms. The normalized spacial score (nSPS) is 13.8. The van der Waals surface area contributed by atoms with E-state index in [0.29, 0.717) is 41.4 Å². The monoisotopic (exact) mass is 500 g/mol. The summed E-state index contributed by atoms with van der Waals surface area (Å²) in [7, 11) is 0. The van der Waals surface area contributed by atoms with Gasteiger partial charge in [0.1, 0.15) is 22.7 Å². The molecule has 6 N–H and O–H groups in total. The Kier molecular flexibility index (Phi) is 6.01. The Morgan fingerprint density at radius 1 is 1.03 bits per heavy atom. The lowest BCUT2D eigenvalue weighted by molar-refractivity contribution is -0.124. The summed E-state index contributed by atoms with van der Waals surface area (Å²) < 4.78 is 19.3. The number of furan rings is 1. The van der Waals surface area contributed by atoms with Crippen molar-refractivity contribution in [2.45, 2.75) is 31.7 Å². The van der Waals surface area contributed by atoms with Gasteiger partial charge in [-0.2, -0.15) is 0 Å². The molecule has 9 heteroatoms. The van der Waals surface area contributed by atoms with Gasteiger partial charge in [-0.25, -0.2) is 10.2 Å². The minimum absolute atomic E-state index is 0.223. The van der Waals surface area contributed by atoms with Gasteiger partial charge in [0.2, 0.25) is 0 Å². The molecular weight excluding hydrogens is 475 g/mol. The predicted molar refractivity (Wildman–Crippen MR) is 136 cm³/mol. The lowest BCUT2D eigenvalue weighted by atomic mass is 9.96. The van der Waals surface area contributed by atoms with Gasteiger partial charge in [0.25, 0.3) is 17.7 Å². The maximum Gasteiger partial charge on any atom is 0.259 e. The molecule has 4 aromatic rings. The summed E-state index contributed by atoms with van der Waals surface area (Å²) in [6.07, 6.45) is 1.55. The van der Waals surface area contributed by atoms with Crippen molar-refractivity contribution in [1.29, 1.82) is 0 Å². The zero-order valence-electron chi connectivity index (χ0n) is 20.1. The first-order valence-corrected chi connectivity index (χ1v) is 11.7. The van der Waals surface area contributed by atoms with Crippen LogP contribution in [0.3, 0.4) is 0 Å². The SMILES string of the molecule is Cc1ccc(C(=O)NC2(C(=O)NN)CC2)cc1Cc1ccc2oc(-c3ccc(F)cc3)c(C(N)=O)c2c1. The number of hydrazine groups is 1. The van der Waals surface area contributed by atoms with Gasteiger partial charge in [-0.15, -0.1) is 0 Å². The summed E-state index contributed by atoms with van der Waals surface area (Å²) in [5, 5.41) is 3.35. The Morgan fingerprint density at radius 2 is 1.76 bits per heavy atom. The number of benzene rings is 3. The molecule has 1 aromatic heterocycles. The first-order valence-electron chi connectivity index (χ1n) is 11.7. The average Bonchev–Trinajstić information content (AvgIpc) is 3.56. The molecule has 8 nitrogen and oxygen atoms in total. The topological polar surface area (TPSA) is 140 Å². The number of rotatable bonds is 7. The summed E-state index contributed by atoms with van der Waals surface area (Å²) in [6.45, 7) is 1.94. The zero-order valence-corrected chi connectivity index (χ0v) is 20.1. The largest absolute Gasteiger partial charge is 0.455 e. The van der Waals surface area contributed by atoms with E-state index in [1.54, 1.807) is 18.2 Å². The fraction of sp³-hybridized carbons (Fsp3) is 0.179. The molecule has 3 aromatic carbocycles. The van der Waals surface area contributed by atoms with Crippen LogP contribution in [0.2, 0.25) is 0 Å². The molecule has 37 heavy (non-hydrogen) atoms. The number of primary amides is 1. The molecule has 1 heterocycles. The number of nitrogens with two attached hydrogens (primary N) is 2. The third-order valence-corrected chi connectivity index (χ3v) is 6.78. The van der Waals surface area contributed by atoms with E-state index in [0.717, 1.165) is 16.7 Å². The molecule has 0 radical (unpaired) electrons. The van der Waals surface area contributed by atoms with Crippen molar-refractivity contribution in [3.8, 4) is 11.3 Å². The number of nitrogens with one attached hydrogen (secondary N) is 2. The highest BCUT2D eigenvalue weighted by Gasteiger charge is 2.51. The van der Waals surface area contributed by atoms with E-state index in [4.69, 9.17) is 16.0 Å². The van der Waals surface area contributed by atoms with Crippen LogP contribution >= 0.6 is 0 Å². The van der Waals surface area contributed by atoms with E-state index in [2.05, 4.69) is 10.7 Å². The molecule has 0 atom stereocenters. The van der Waals surface area contributed by atoms with Crippen molar-refractivity contribution in [2.75, 3.05) is 0 Å². The second kappa shape index (κ2) is 9.18. The number of fused-ring (bicyclic) bond motifs is 1. The van der Waals surface area contributed by atoms with Gasteiger partial charge in [-0.05, 0) is 91.4 Å². The van der Waals surface area contributed by atoms with E-state index in [-0.39, 0.29) is 17.2 Å². The summed E-state index contributed by atoms with van der Waals surface area (Å²) >= 11 is 0. The number of hydrogen-bond acceptors (Lipinski definition) is 5. The van der Waals surface area contributed by atoms with E-state index >= 15 is 0 Å². The van der Waals surface area contributed by atoms with Gasteiger partial charge in [0.05, 0.1) is 5.56 Å². The molecule has 3 amide bonds. The molecule has 0 bridgehead atoms. The third-order valence-electron chi connectivity index (χ3n) is 6.78. The molecule has 0 aliphatic heterocycles. The molecular formula is C28H25FN4O4. The quantitative estimate of drug-likeness (QED) is 0.175. The Morgan fingerprint density at radius 3 is 2.41 bits per heavy atom. The van der Waals surface area contributed by atoms with Crippen LogP contribution < -0.4 is 22.3 Å². The van der Waals surface area contributed by atoms with Crippen LogP contribution in [0.15, 0.2) is 65.1 Å². The highest BCUT2D eigenvalue weighted by atomic mass is 19.1. The van der Waals surface area contributed by atoms with Gasteiger partial charge in [-0.1, -0.05) is 12.1 Å². The van der Waals surface area contributed by atoms with E-state index in [1.165, 1.54) is 24.3 Å². The minimum atomic E-state index is -0.948.